The van der Waals surface area contributed by atoms with Gasteiger partial charge in [-0.2, -0.15) is 0 Å². The van der Waals surface area contributed by atoms with Gasteiger partial charge in [0.25, 0.3) is 5.56 Å². The molecule has 1 atom stereocenters. The molecule has 34 heavy (non-hydrogen) atoms. The van der Waals surface area contributed by atoms with Gasteiger partial charge in [0.05, 0.1) is 33.3 Å². The molecule has 10 heteroatoms. The van der Waals surface area contributed by atoms with E-state index in [9.17, 15) is 9.59 Å². The van der Waals surface area contributed by atoms with E-state index in [-0.39, 0.29) is 12.2 Å². The van der Waals surface area contributed by atoms with Gasteiger partial charge in [0.2, 0.25) is 0 Å². The molecule has 1 aromatic carbocycles. The number of nitrogens with zero attached hydrogens (tertiary/aromatic N) is 2. The predicted molar refractivity (Wildman–Crippen MR) is 142 cm³/mol. The summed E-state index contributed by atoms with van der Waals surface area (Å²) in [7, 11) is 1.58. The first-order valence-corrected chi connectivity index (χ1v) is 13.9. The first-order valence-electron chi connectivity index (χ1n) is 10.7. The van der Waals surface area contributed by atoms with Gasteiger partial charge in [-0.05, 0) is 65.7 Å². The minimum atomic E-state index is -0.721. The molecule has 0 saturated heterocycles. The van der Waals surface area contributed by atoms with Crippen molar-refractivity contribution in [3.8, 4) is 5.75 Å². The Hall–Kier alpha value is -2.01. The first-order chi connectivity index (χ1) is 16.4. The predicted octanol–water partition coefficient (Wildman–Crippen LogP) is 5.17. The largest absolute Gasteiger partial charge is 0.496 e. The van der Waals surface area contributed by atoms with Gasteiger partial charge >= 0.3 is 5.97 Å². The van der Waals surface area contributed by atoms with Gasteiger partial charge in [-0.3, -0.25) is 9.36 Å². The average molecular weight is 626 g/mol. The lowest BCUT2D eigenvalue weighted by Crippen LogP contribution is -2.40. The number of esters is 1. The van der Waals surface area contributed by atoms with Crippen molar-refractivity contribution in [1.29, 1.82) is 0 Å². The minimum Gasteiger partial charge on any atom is -0.496 e. The maximum absolute atomic E-state index is 13.7. The van der Waals surface area contributed by atoms with Gasteiger partial charge < -0.3 is 9.47 Å². The quantitative estimate of drug-likeness (QED) is 0.340. The average Bonchev–Trinajstić information content (AvgIpc) is 3.35. The number of carbonyl (C=O) groups excluding carboxylic acids is 1. The third kappa shape index (κ3) is 4.86. The van der Waals surface area contributed by atoms with E-state index in [1.807, 2.05) is 43.3 Å². The van der Waals surface area contributed by atoms with E-state index in [1.54, 1.807) is 29.9 Å². The van der Waals surface area contributed by atoms with Crippen LogP contribution in [-0.2, 0) is 9.53 Å². The highest BCUT2D eigenvalue weighted by molar-refractivity contribution is 9.11. The second-order valence-electron chi connectivity index (χ2n) is 7.44. The van der Waals surface area contributed by atoms with Crippen LogP contribution in [0, 0.1) is 0 Å². The van der Waals surface area contributed by atoms with Crippen molar-refractivity contribution in [2.24, 2.45) is 4.99 Å². The van der Waals surface area contributed by atoms with Gasteiger partial charge in [0, 0.05) is 14.9 Å². The summed E-state index contributed by atoms with van der Waals surface area (Å²) in [6.07, 6.45) is 3.24. The molecule has 0 radical (unpaired) electrons. The molecule has 0 spiro atoms. The lowest BCUT2D eigenvalue weighted by atomic mass is 9.93. The molecule has 0 bridgehead atoms. The number of thiazole rings is 1. The Morgan fingerprint density at radius 3 is 2.65 bits per heavy atom. The number of hydrogen-bond donors (Lipinski definition) is 0. The summed E-state index contributed by atoms with van der Waals surface area (Å²) in [4.78, 5) is 33.3. The molecular weight excluding hydrogens is 604 g/mol. The second kappa shape index (κ2) is 10.7. The maximum atomic E-state index is 13.7. The summed E-state index contributed by atoms with van der Waals surface area (Å²) in [5.74, 6) is 0.0997. The van der Waals surface area contributed by atoms with E-state index >= 15 is 0 Å². The molecule has 2 aromatic heterocycles. The number of allylic oxidation sites excluding steroid dienone is 1. The molecule has 0 fully saturated rings. The first kappa shape index (κ1) is 25.1. The summed E-state index contributed by atoms with van der Waals surface area (Å²) in [6, 6.07) is 8.74. The summed E-state index contributed by atoms with van der Waals surface area (Å²) >= 11 is 9.86. The van der Waals surface area contributed by atoms with E-state index < -0.39 is 12.0 Å². The van der Waals surface area contributed by atoms with Gasteiger partial charge in [0.1, 0.15) is 11.8 Å². The zero-order chi connectivity index (χ0) is 24.4. The Kier molecular flexibility index (Phi) is 7.91. The summed E-state index contributed by atoms with van der Waals surface area (Å²) in [5.41, 5.74) is 1.49. The summed E-state index contributed by atoms with van der Waals surface area (Å²) < 4.78 is 15.0. The minimum absolute atomic E-state index is 0.211. The van der Waals surface area contributed by atoms with Crippen LogP contribution in [0.4, 0.5) is 0 Å². The second-order valence-corrected chi connectivity index (χ2v) is 11.9. The smallest absolute Gasteiger partial charge is 0.338 e. The van der Waals surface area contributed by atoms with Crippen LogP contribution in [0.2, 0.25) is 0 Å². The fraction of sp³-hybridized carbons (Fsp3) is 0.292. The van der Waals surface area contributed by atoms with E-state index in [0.717, 1.165) is 19.6 Å². The molecule has 0 saturated carbocycles. The Morgan fingerprint density at radius 1 is 1.21 bits per heavy atom. The van der Waals surface area contributed by atoms with Gasteiger partial charge in [-0.15, -0.1) is 11.3 Å². The van der Waals surface area contributed by atoms with E-state index in [0.29, 0.717) is 38.3 Å². The normalized spacial score (nSPS) is 15.8. The number of ether oxygens (including phenoxy) is 2. The van der Waals surface area contributed by atoms with Gasteiger partial charge in [-0.1, -0.05) is 40.6 Å². The number of rotatable bonds is 7. The van der Waals surface area contributed by atoms with Crippen molar-refractivity contribution >= 4 is 66.6 Å². The van der Waals surface area contributed by atoms with Crippen LogP contribution < -0.4 is 19.6 Å². The SMILES string of the molecule is CCCC1=C(C(=O)OCC)[C@@H](c2cc(Br)ccc2OC)n2c(s/c(=C/c3ccc(Br)s3)c2=O)=N1. The Bertz CT molecular complexity index is 1450. The van der Waals surface area contributed by atoms with Crippen LogP contribution in [0.1, 0.15) is 43.2 Å². The lowest BCUT2D eigenvalue weighted by molar-refractivity contribution is -0.139. The van der Waals surface area contributed by atoms with E-state index in [2.05, 4.69) is 31.9 Å². The molecule has 178 valence electrons. The zero-order valence-electron chi connectivity index (χ0n) is 18.8. The molecule has 1 aliphatic rings. The number of halogens is 2. The Morgan fingerprint density at radius 2 is 2.00 bits per heavy atom. The van der Waals surface area contributed by atoms with Crippen LogP contribution in [0.3, 0.4) is 0 Å². The molecule has 0 unspecified atom stereocenters. The molecule has 4 rings (SSSR count). The number of methoxy groups -OCH3 is 1. The van der Waals surface area contributed by atoms with Crippen molar-refractivity contribution in [2.75, 3.05) is 13.7 Å². The molecular formula is C24H22Br2N2O4S2. The fourth-order valence-electron chi connectivity index (χ4n) is 3.87. The van der Waals surface area contributed by atoms with Gasteiger partial charge in [0.15, 0.2) is 4.80 Å². The molecule has 6 nitrogen and oxygen atoms in total. The molecule has 0 amide bonds. The number of thiophene rings is 1. The standard InChI is InChI=1S/C24H22Br2N2O4S2/c1-4-6-16-20(23(30)32-5-2)21(15-11-13(25)7-9-17(15)31-3)28-22(29)18(34-24(28)27-16)12-14-8-10-19(26)33-14/h7-12,21H,4-6H2,1-3H3/b18-12+/t21-/m1/s1. The fourth-order valence-corrected chi connectivity index (χ4v) is 6.70. The van der Waals surface area contributed by atoms with Gasteiger partial charge in [-0.25, -0.2) is 9.79 Å². The third-order valence-corrected chi connectivity index (χ3v) is 8.29. The van der Waals surface area contributed by atoms with Crippen molar-refractivity contribution in [3.05, 3.63) is 80.0 Å². The van der Waals surface area contributed by atoms with Crippen molar-refractivity contribution < 1.29 is 14.3 Å². The van der Waals surface area contributed by atoms with Crippen molar-refractivity contribution in [2.45, 2.75) is 32.7 Å². The summed E-state index contributed by atoms with van der Waals surface area (Å²) in [6.45, 7) is 4.02. The molecule has 3 heterocycles. The number of carbonyl (C=O) groups is 1. The Balaban J connectivity index is 2.05. The topological polar surface area (TPSA) is 69.9 Å². The van der Waals surface area contributed by atoms with Crippen molar-refractivity contribution in [3.63, 3.8) is 0 Å². The lowest BCUT2D eigenvalue weighted by Gasteiger charge is -2.27. The van der Waals surface area contributed by atoms with E-state index in [1.165, 1.54) is 11.3 Å². The zero-order valence-corrected chi connectivity index (χ0v) is 23.6. The highest BCUT2D eigenvalue weighted by Crippen LogP contribution is 2.38. The molecule has 0 N–H and O–H groups in total. The molecule has 1 aliphatic heterocycles. The highest BCUT2D eigenvalue weighted by Gasteiger charge is 2.36. The third-order valence-electron chi connectivity index (χ3n) is 5.25. The molecule has 0 aliphatic carbocycles. The van der Waals surface area contributed by atoms with Crippen LogP contribution in [0.25, 0.3) is 6.08 Å². The van der Waals surface area contributed by atoms with Crippen LogP contribution >= 0.6 is 54.5 Å². The number of hydrogen-bond acceptors (Lipinski definition) is 7. The van der Waals surface area contributed by atoms with E-state index in [4.69, 9.17) is 14.5 Å². The maximum Gasteiger partial charge on any atom is 0.338 e. The van der Waals surface area contributed by atoms with Crippen LogP contribution in [-0.4, -0.2) is 24.3 Å². The summed E-state index contributed by atoms with van der Waals surface area (Å²) in [5, 5.41) is 0. The Labute approximate surface area is 221 Å². The van der Waals surface area contributed by atoms with Crippen LogP contribution in [0.5, 0.6) is 5.75 Å². The van der Waals surface area contributed by atoms with Crippen molar-refractivity contribution in [1.82, 2.24) is 4.57 Å². The monoisotopic (exact) mass is 624 g/mol. The molecule has 3 aromatic rings. The number of fused-ring (bicyclic) bond motifs is 1. The number of aromatic nitrogens is 1. The highest BCUT2D eigenvalue weighted by atomic mass is 79.9. The van der Waals surface area contributed by atoms with Crippen LogP contribution in [0.15, 0.2) is 59.6 Å². The number of benzene rings is 1.